The first-order valence-electron chi connectivity index (χ1n) is 8.49. The van der Waals surface area contributed by atoms with Crippen molar-refractivity contribution in [1.82, 2.24) is 5.32 Å². The Labute approximate surface area is 148 Å². The van der Waals surface area contributed by atoms with Crippen LogP contribution >= 0.6 is 0 Å². The molecule has 1 saturated heterocycles. The molecule has 3 rings (SSSR count). The van der Waals surface area contributed by atoms with Crippen LogP contribution in [-0.2, 0) is 11.3 Å². The van der Waals surface area contributed by atoms with Crippen LogP contribution in [0.25, 0.3) is 0 Å². The highest BCUT2D eigenvalue weighted by atomic mass is 16.2. The van der Waals surface area contributed by atoms with E-state index in [2.05, 4.69) is 5.32 Å². The first-order chi connectivity index (χ1) is 12.0. The van der Waals surface area contributed by atoms with E-state index >= 15 is 0 Å². The molecule has 5 heteroatoms. The predicted octanol–water partition coefficient (Wildman–Crippen LogP) is 2.81. The summed E-state index contributed by atoms with van der Waals surface area (Å²) in [5, 5.41) is 2.94. The van der Waals surface area contributed by atoms with Crippen LogP contribution in [0.5, 0.6) is 0 Å². The number of rotatable bonds is 5. The second-order valence-corrected chi connectivity index (χ2v) is 6.44. The van der Waals surface area contributed by atoms with Crippen molar-refractivity contribution in [2.24, 2.45) is 0 Å². The van der Waals surface area contributed by atoms with Crippen molar-refractivity contribution in [2.45, 2.75) is 19.4 Å². The zero-order chi connectivity index (χ0) is 17.8. The van der Waals surface area contributed by atoms with Gasteiger partial charge in [-0.1, -0.05) is 18.2 Å². The average Bonchev–Trinajstić information content (AvgIpc) is 3.06. The van der Waals surface area contributed by atoms with Crippen molar-refractivity contribution < 1.29 is 9.59 Å². The summed E-state index contributed by atoms with van der Waals surface area (Å²) in [4.78, 5) is 27.9. The van der Waals surface area contributed by atoms with Gasteiger partial charge >= 0.3 is 0 Å². The summed E-state index contributed by atoms with van der Waals surface area (Å²) in [7, 11) is 3.90. The molecule has 0 unspecified atom stereocenters. The molecule has 1 fully saturated rings. The van der Waals surface area contributed by atoms with Gasteiger partial charge in [-0.3, -0.25) is 9.59 Å². The Bertz CT molecular complexity index is 769. The maximum Gasteiger partial charge on any atom is 0.251 e. The number of benzene rings is 2. The first kappa shape index (κ1) is 17.0. The molecule has 0 aromatic heterocycles. The zero-order valence-corrected chi connectivity index (χ0v) is 14.7. The minimum absolute atomic E-state index is 0.0949. The number of nitrogens with one attached hydrogen (secondary N) is 1. The lowest BCUT2D eigenvalue weighted by Gasteiger charge is -2.16. The van der Waals surface area contributed by atoms with Gasteiger partial charge in [-0.15, -0.1) is 0 Å². The van der Waals surface area contributed by atoms with Gasteiger partial charge in [0.2, 0.25) is 5.91 Å². The lowest BCUT2D eigenvalue weighted by molar-refractivity contribution is -0.117. The summed E-state index contributed by atoms with van der Waals surface area (Å²) in [6.45, 7) is 1.25. The second-order valence-electron chi connectivity index (χ2n) is 6.44. The highest BCUT2D eigenvalue weighted by Gasteiger charge is 2.21. The lowest BCUT2D eigenvalue weighted by Crippen LogP contribution is -2.24. The highest BCUT2D eigenvalue weighted by molar-refractivity contribution is 5.96. The molecule has 0 saturated carbocycles. The van der Waals surface area contributed by atoms with Crippen LogP contribution in [0.1, 0.15) is 28.8 Å². The van der Waals surface area contributed by atoms with Crippen molar-refractivity contribution in [3.8, 4) is 0 Å². The van der Waals surface area contributed by atoms with E-state index < -0.39 is 0 Å². The third-order valence-corrected chi connectivity index (χ3v) is 4.40. The number of carbonyl (C=O) groups excluding carboxylic acids is 2. The second kappa shape index (κ2) is 7.38. The van der Waals surface area contributed by atoms with E-state index in [-0.39, 0.29) is 11.8 Å². The summed E-state index contributed by atoms with van der Waals surface area (Å²) < 4.78 is 0. The first-order valence-corrected chi connectivity index (χ1v) is 8.49. The van der Waals surface area contributed by atoms with Gasteiger partial charge in [-0.05, 0) is 42.3 Å². The van der Waals surface area contributed by atoms with Crippen molar-refractivity contribution in [2.75, 3.05) is 30.4 Å². The monoisotopic (exact) mass is 337 g/mol. The Morgan fingerprint density at radius 1 is 1.16 bits per heavy atom. The molecule has 0 radical (unpaired) electrons. The van der Waals surface area contributed by atoms with E-state index in [1.54, 1.807) is 0 Å². The molecule has 1 aliphatic rings. The van der Waals surface area contributed by atoms with Crippen molar-refractivity contribution in [1.29, 1.82) is 0 Å². The van der Waals surface area contributed by atoms with E-state index in [0.717, 1.165) is 29.9 Å². The molecule has 0 aliphatic carbocycles. The zero-order valence-electron chi connectivity index (χ0n) is 14.7. The fourth-order valence-corrected chi connectivity index (χ4v) is 2.92. The number of anilines is 2. The van der Waals surface area contributed by atoms with Crippen LogP contribution in [0.15, 0.2) is 48.5 Å². The standard InChI is InChI=1S/C20H23N3O2/c1-22(2)18-6-3-5-16(13-18)20(25)21-14-15-8-10-17(11-9-15)23-12-4-7-19(23)24/h3,5-6,8-11,13H,4,7,12,14H2,1-2H3,(H,21,25). The Balaban J connectivity index is 1.60. The van der Waals surface area contributed by atoms with E-state index in [1.165, 1.54) is 0 Å². The maximum absolute atomic E-state index is 12.3. The van der Waals surface area contributed by atoms with Gasteiger partial charge in [0.15, 0.2) is 0 Å². The molecule has 1 aliphatic heterocycles. The molecule has 130 valence electrons. The smallest absolute Gasteiger partial charge is 0.251 e. The third-order valence-electron chi connectivity index (χ3n) is 4.40. The Hall–Kier alpha value is -2.82. The minimum atomic E-state index is -0.0949. The Morgan fingerprint density at radius 3 is 2.56 bits per heavy atom. The summed E-state index contributed by atoms with van der Waals surface area (Å²) in [6.07, 6.45) is 1.55. The van der Waals surface area contributed by atoms with E-state index in [4.69, 9.17) is 0 Å². The van der Waals surface area contributed by atoms with Gasteiger partial charge in [0.1, 0.15) is 0 Å². The van der Waals surface area contributed by atoms with E-state index in [9.17, 15) is 9.59 Å². The number of carbonyl (C=O) groups is 2. The van der Waals surface area contributed by atoms with Gasteiger partial charge in [0.25, 0.3) is 5.91 Å². The number of hydrogen-bond donors (Lipinski definition) is 1. The quantitative estimate of drug-likeness (QED) is 0.913. The molecule has 0 atom stereocenters. The van der Waals surface area contributed by atoms with Crippen molar-refractivity contribution in [3.63, 3.8) is 0 Å². The topological polar surface area (TPSA) is 52.7 Å². The van der Waals surface area contributed by atoms with E-state index in [1.807, 2.05) is 72.4 Å². The SMILES string of the molecule is CN(C)c1cccc(C(=O)NCc2ccc(N3CCCC3=O)cc2)c1. The molecule has 0 bridgehead atoms. The van der Waals surface area contributed by atoms with Crippen LogP contribution in [0.2, 0.25) is 0 Å². The molecule has 5 nitrogen and oxygen atoms in total. The van der Waals surface area contributed by atoms with Crippen molar-refractivity contribution in [3.05, 3.63) is 59.7 Å². The predicted molar refractivity (Wildman–Crippen MR) is 100.0 cm³/mol. The Morgan fingerprint density at radius 2 is 1.92 bits per heavy atom. The van der Waals surface area contributed by atoms with Gasteiger partial charge < -0.3 is 15.1 Å². The normalized spacial score (nSPS) is 13.8. The van der Waals surface area contributed by atoms with Gasteiger partial charge in [-0.25, -0.2) is 0 Å². The fourth-order valence-electron chi connectivity index (χ4n) is 2.92. The molecule has 25 heavy (non-hydrogen) atoms. The number of amides is 2. The molecule has 2 amide bonds. The van der Waals surface area contributed by atoms with Crippen LogP contribution in [0.3, 0.4) is 0 Å². The van der Waals surface area contributed by atoms with Crippen LogP contribution in [0.4, 0.5) is 11.4 Å². The molecular formula is C20H23N3O2. The lowest BCUT2D eigenvalue weighted by atomic mass is 10.1. The summed E-state index contributed by atoms with van der Waals surface area (Å²) >= 11 is 0. The largest absolute Gasteiger partial charge is 0.378 e. The van der Waals surface area contributed by atoms with Crippen LogP contribution in [0, 0.1) is 0 Å². The number of hydrogen-bond acceptors (Lipinski definition) is 3. The molecule has 1 N–H and O–H groups in total. The van der Waals surface area contributed by atoms with E-state index in [0.29, 0.717) is 18.5 Å². The van der Waals surface area contributed by atoms with Gasteiger partial charge in [0, 0.05) is 50.5 Å². The Kier molecular flexibility index (Phi) is 5.03. The molecule has 1 heterocycles. The van der Waals surface area contributed by atoms with Gasteiger partial charge in [-0.2, -0.15) is 0 Å². The molecular weight excluding hydrogens is 314 g/mol. The average molecular weight is 337 g/mol. The molecule has 2 aromatic carbocycles. The highest BCUT2D eigenvalue weighted by Crippen LogP contribution is 2.21. The van der Waals surface area contributed by atoms with Crippen LogP contribution in [-0.4, -0.2) is 32.5 Å². The van der Waals surface area contributed by atoms with Crippen molar-refractivity contribution >= 4 is 23.2 Å². The summed E-state index contributed by atoms with van der Waals surface area (Å²) in [6, 6.07) is 15.3. The van der Waals surface area contributed by atoms with Crippen LogP contribution < -0.4 is 15.1 Å². The number of nitrogens with zero attached hydrogens (tertiary/aromatic N) is 2. The third kappa shape index (κ3) is 3.99. The fraction of sp³-hybridized carbons (Fsp3) is 0.300. The molecule has 0 spiro atoms. The van der Waals surface area contributed by atoms with Gasteiger partial charge in [0.05, 0.1) is 0 Å². The summed E-state index contributed by atoms with van der Waals surface area (Å²) in [5.41, 5.74) is 3.57. The summed E-state index contributed by atoms with van der Waals surface area (Å²) in [5.74, 6) is 0.0873. The molecule has 2 aromatic rings. The minimum Gasteiger partial charge on any atom is -0.378 e. The maximum atomic E-state index is 12.3.